The molecule has 0 aliphatic carbocycles. The quantitative estimate of drug-likeness (QED) is 0.501. The molecule has 0 heterocycles. The van der Waals surface area contributed by atoms with Crippen molar-refractivity contribution in [2.24, 2.45) is 0 Å². The zero-order valence-electron chi connectivity index (χ0n) is 12.7. The standard InChI is InChI=1S/C16H16N2O5/c1-10-7-14(15(19)8-11(10)2)17-16(20)9-23-13-5-3-12(4-6-13)18(21)22/h3-8,19H,9H2,1-2H3,(H,17,20). The Morgan fingerprint density at radius 3 is 2.43 bits per heavy atom. The Kier molecular flexibility index (Phi) is 4.80. The molecule has 0 spiro atoms. The highest BCUT2D eigenvalue weighted by Gasteiger charge is 2.10. The number of non-ortho nitro benzene ring substituents is 1. The average molecular weight is 316 g/mol. The Morgan fingerprint density at radius 1 is 1.22 bits per heavy atom. The number of nitro benzene ring substituents is 1. The maximum absolute atomic E-state index is 11.9. The van der Waals surface area contributed by atoms with Gasteiger partial charge in [-0.3, -0.25) is 14.9 Å². The monoisotopic (exact) mass is 316 g/mol. The topological polar surface area (TPSA) is 102 Å². The summed E-state index contributed by atoms with van der Waals surface area (Å²) in [6, 6.07) is 8.67. The van der Waals surface area contributed by atoms with Gasteiger partial charge in [-0.2, -0.15) is 0 Å². The van der Waals surface area contributed by atoms with Crippen molar-refractivity contribution < 1.29 is 19.6 Å². The van der Waals surface area contributed by atoms with Gasteiger partial charge >= 0.3 is 0 Å². The number of amides is 1. The number of ether oxygens (including phenoxy) is 1. The van der Waals surface area contributed by atoms with Crippen LogP contribution in [0.15, 0.2) is 36.4 Å². The first kappa shape index (κ1) is 16.3. The van der Waals surface area contributed by atoms with Crippen LogP contribution in [0.1, 0.15) is 11.1 Å². The van der Waals surface area contributed by atoms with Crippen molar-refractivity contribution in [1.29, 1.82) is 0 Å². The lowest BCUT2D eigenvalue weighted by atomic mass is 10.1. The van der Waals surface area contributed by atoms with E-state index in [1.165, 1.54) is 24.3 Å². The van der Waals surface area contributed by atoms with Crippen molar-refractivity contribution in [1.82, 2.24) is 0 Å². The van der Waals surface area contributed by atoms with Crippen LogP contribution in [0.5, 0.6) is 11.5 Å². The van der Waals surface area contributed by atoms with E-state index in [9.17, 15) is 20.0 Å². The van der Waals surface area contributed by atoms with Crippen molar-refractivity contribution >= 4 is 17.3 Å². The highest BCUT2D eigenvalue weighted by Crippen LogP contribution is 2.26. The second kappa shape index (κ2) is 6.78. The minimum Gasteiger partial charge on any atom is -0.506 e. The number of aryl methyl sites for hydroxylation is 2. The highest BCUT2D eigenvalue weighted by atomic mass is 16.6. The van der Waals surface area contributed by atoms with Crippen molar-refractivity contribution in [3.63, 3.8) is 0 Å². The third kappa shape index (κ3) is 4.19. The van der Waals surface area contributed by atoms with E-state index in [1.807, 2.05) is 13.8 Å². The molecule has 7 nitrogen and oxygen atoms in total. The summed E-state index contributed by atoms with van der Waals surface area (Å²) in [7, 11) is 0. The summed E-state index contributed by atoms with van der Waals surface area (Å²) in [6.45, 7) is 3.46. The smallest absolute Gasteiger partial charge is 0.269 e. The summed E-state index contributed by atoms with van der Waals surface area (Å²) in [6.07, 6.45) is 0. The summed E-state index contributed by atoms with van der Waals surface area (Å²) in [4.78, 5) is 21.9. The first-order chi connectivity index (χ1) is 10.9. The number of carbonyl (C=O) groups excluding carboxylic acids is 1. The molecule has 2 aromatic carbocycles. The molecule has 0 bridgehead atoms. The molecule has 0 atom stereocenters. The predicted octanol–water partition coefficient (Wildman–Crippen LogP) is 2.93. The van der Waals surface area contributed by atoms with Gasteiger partial charge in [0.15, 0.2) is 6.61 Å². The fraction of sp³-hybridized carbons (Fsp3) is 0.188. The number of hydrogen-bond donors (Lipinski definition) is 2. The van der Waals surface area contributed by atoms with E-state index < -0.39 is 10.8 Å². The molecule has 120 valence electrons. The van der Waals surface area contributed by atoms with E-state index in [-0.39, 0.29) is 18.0 Å². The van der Waals surface area contributed by atoms with Crippen LogP contribution < -0.4 is 10.1 Å². The number of aromatic hydroxyl groups is 1. The molecule has 0 saturated carbocycles. The number of anilines is 1. The van der Waals surface area contributed by atoms with Gasteiger partial charge in [-0.25, -0.2) is 0 Å². The van der Waals surface area contributed by atoms with Crippen LogP contribution in [-0.4, -0.2) is 22.5 Å². The molecule has 2 aromatic rings. The number of nitrogens with one attached hydrogen (secondary N) is 1. The number of phenols is 1. The summed E-state index contributed by atoms with van der Waals surface area (Å²) in [5.41, 5.74) is 2.12. The Labute approximate surface area is 132 Å². The van der Waals surface area contributed by atoms with Crippen LogP contribution >= 0.6 is 0 Å². The maximum Gasteiger partial charge on any atom is 0.269 e. The number of phenolic OH excluding ortho intramolecular Hbond substituents is 1. The minimum atomic E-state index is -0.515. The van der Waals surface area contributed by atoms with Crippen molar-refractivity contribution in [3.8, 4) is 11.5 Å². The molecule has 0 fully saturated rings. The summed E-state index contributed by atoms with van der Waals surface area (Å²) >= 11 is 0. The van der Waals surface area contributed by atoms with Gasteiger partial charge in [-0.15, -0.1) is 0 Å². The third-order valence-corrected chi connectivity index (χ3v) is 3.30. The van der Waals surface area contributed by atoms with E-state index >= 15 is 0 Å². The van der Waals surface area contributed by atoms with Gasteiger partial charge < -0.3 is 15.2 Å². The molecule has 0 radical (unpaired) electrons. The fourth-order valence-corrected chi connectivity index (χ4v) is 1.90. The number of hydrogen-bond acceptors (Lipinski definition) is 5. The van der Waals surface area contributed by atoms with Crippen molar-refractivity contribution in [2.75, 3.05) is 11.9 Å². The van der Waals surface area contributed by atoms with E-state index in [0.29, 0.717) is 11.4 Å². The zero-order chi connectivity index (χ0) is 17.0. The van der Waals surface area contributed by atoms with Gasteiger partial charge in [0.2, 0.25) is 0 Å². The Hall–Kier alpha value is -3.09. The van der Waals surface area contributed by atoms with Crippen LogP contribution in [0.2, 0.25) is 0 Å². The molecule has 1 amide bonds. The van der Waals surface area contributed by atoms with Crippen molar-refractivity contribution in [2.45, 2.75) is 13.8 Å². The van der Waals surface area contributed by atoms with Gasteiger partial charge in [-0.05, 0) is 49.2 Å². The molecular formula is C16H16N2O5. The van der Waals surface area contributed by atoms with E-state index in [2.05, 4.69) is 5.32 Å². The second-order valence-electron chi connectivity index (χ2n) is 5.04. The number of benzene rings is 2. The largest absolute Gasteiger partial charge is 0.506 e. The van der Waals surface area contributed by atoms with E-state index in [1.54, 1.807) is 12.1 Å². The summed E-state index contributed by atoms with van der Waals surface area (Å²) in [5, 5.41) is 22.9. The van der Waals surface area contributed by atoms with E-state index in [4.69, 9.17) is 4.74 Å². The van der Waals surface area contributed by atoms with E-state index in [0.717, 1.165) is 11.1 Å². The normalized spacial score (nSPS) is 10.2. The molecule has 0 aliphatic rings. The Morgan fingerprint density at radius 2 is 1.83 bits per heavy atom. The lowest BCUT2D eigenvalue weighted by molar-refractivity contribution is -0.384. The average Bonchev–Trinajstić information content (AvgIpc) is 2.51. The first-order valence-corrected chi connectivity index (χ1v) is 6.84. The summed E-state index contributed by atoms with van der Waals surface area (Å²) < 4.78 is 5.25. The summed E-state index contributed by atoms with van der Waals surface area (Å²) in [5.74, 6) is -0.117. The van der Waals surface area contributed by atoms with Gasteiger partial charge in [0.1, 0.15) is 11.5 Å². The first-order valence-electron chi connectivity index (χ1n) is 6.84. The number of nitrogens with zero attached hydrogens (tertiary/aromatic N) is 1. The minimum absolute atomic E-state index is 0.0169. The van der Waals surface area contributed by atoms with Crippen LogP contribution in [0, 0.1) is 24.0 Å². The molecule has 7 heteroatoms. The third-order valence-electron chi connectivity index (χ3n) is 3.30. The highest BCUT2D eigenvalue weighted by molar-refractivity contribution is 5.93. The second-order valence-corrected chi connectivity index (χ2v) is 5.04. The number of carbonyl (C=O) groups is 1. The van der Waals surface area contributed by atoms with Crippen LogP contribution in [0.25, 0.3) is 0 Å². The lowest BCUT2D eigenvalue weighted by Crippen LogP contribution is -2.20. The Balaban J connectivity index is 1.95. The number of rotatable bonds is 5. The predicted molar refractivity (Wildman–Crippen MR) is 84.8 cm³/mol. The van der Waals surface area contributed by atoms with Crippen LogP contribution in [0.4, 0.5) is 11.4 Å². The van der Waals surface area contributed by atoms with Gasteiger partial charge in [0, 0.05) is 12.1 Å². The van der Waals surface area contributed by atoms with Gasteiger partial charge in [0.05, 0.1) is 10.6 Å². The molecule has 2 N–H and O–H groups in total. The maximum atomic E-state index is 11.9. The lowest BCUT2D eigenvalue weighted by Gasteiger charge is -2.11. The molecule has 2 rings (SSSR count). The molecule has 0 aliphatic heterocycles. The molecule has 0 saturated heterocycles. The number of nitro groups is 1. The molecule has 0 unspecified atom stereocenters. The van der Waals surface area contributed by atoms with Gasteiger partial charge in [-0.1, -0.05) is 0 Å². The van der Waals surface area contributed by atoms with Crippen LogP contribution in [0.3, 0.4) is 0 Å². The zero-order valence-corrected chi connectivity index (χ0v) is 12.7. The Bertz CT molecular complexity index is 741. The molecule has 0 aromatic heterocycles. The van der Waals surface area contributed by atoms with Gasteiger partial charge in [0.25, 0.3) is 11.6 Å². The molecule has 23 heavy (non-hydrogen) atoms. The SMILES string of the molecule is Cc1cc(O)c(NC(=O)COc2ccc([N+](=O)[O-])cc2)cc1C. The fourth-order valence-electron chi connectivity index (χ4n) is 1.90. The van der Waals surface area contributed by atoms with Crippen molar-refractivity contribution in [3.05, 3.63) is 57.6 Å². The van der Waals surface area contributed by atoms with Crippen LogP contribution in [-0.2, 0) is 4.79 Å². The molecular weight excluding hydrogens is 300 g/mol.